The van der Waals surface area contributed by atoms with Gasteiger partial charge in [0, 0.05) is 11.8 Å². The summed E-state index contributed by atoms with van der Waals surface area (Å²) < 4.78 is 0. The molecule has 2 heteroatoms. The number of rotatable bonds is 1. The molecule has 0 unspecified atom stereocenters. The van der Waals surface area contributed by atoms with Gasteiger partial charge in [-0.15, -0.1) is 0 Å². The van der Waals surface area contributed by atoms with E-state index in [2.05, 4.69) is 0 Å². The SMILES string of the molecule is NCC1C[C@H]2CCC[C@H](C1)C2=O. The highest BCUT2D eigenvalue weighted by Crippen LogP contribution is 2.39. The van der Waals surface area contributed by atoms with E-state index < -0.39 is 0 Å². The first-order chi connectivity index (χ1) is 5.81. The normalized spacial score (nSPS) is 41.4. The molecule has 2 fully saturated rings. The average Bonchev–Trinajstić information content (AvgIpc) is 2.04. The molecule has 2 rings (SSSR count). The first-order valence-electron chi connectivity index (χ1n) is 5.05. The lowest BCUT2D eigenvalue weighted by atomic mass is 9.67. The largest absolute Gasteiger partial charge is 0.330 e. The number of Topliss-reactive ketones (excluding diaryl/α,β-unsaturated/α-hetero) is 1. The molecule has 0 spiro atoms. The highest BCUT2D eigenvalue weighted by molar-refractivity contribution is 5.84. The van der Waals surface area contributed by atoms with Gasteiger partial charge >= 0.3 is 0 Å². The second kappa shape index (κ2) is 3.17. The van der Waals surface area contributed by atoms with Crippen molar-refractivity contribution >= 4 is 5.78 Å². The fraction of sp³-hybridized carbons (Fsp3) is 0.900. The first kappa shape index (κ1) is 8.24. The zero-order chi connectivity index (χ0) is 8.55. The fourth-order valence-electron chi connectivity index (χ4n) is 2.79. The van der Waals surface area contributed by atoms with Crippen LogP contribution in [0.1, 0.15) is 32.1 Å². The van der Waals surface area contributed by atoms with E-state index in [1.807, 2.05) is 0 Å². The molecule has 0 aromatic carbocycles. The predicted molar refractivity (Wildman–Crippen MR) is 47.6 cm³/mol. The van der Waals surface area contributed by atoms with Crippen LogP contribution in [0.4, 0.5) is 0 Å². The Balaban J connectivity index is 2.07. The molecule has 2 aliphatic carbocycles. The minimum absolute atomic E-state index is 0.381. The second-order valence-corrected chi connectivity index (χ2v) is 4.30. The van der Waals surface area contributed by atoms with Gasteiger partial charge in [-0.3, -0.25) is 4.79 Å². The Labute approximate surface area is 73.5 Å². The number of carbonyl (C=O) groups excluding carboxylic acids is 1. The zero-order valence-electron chi connectivity index (χ0n) is 7.46. The van der Waals surface area contributed by atoms with Crippen LogP contribution in [0.3, 0.4) is 0 Å². The maximum Gasteiger partial charge on any atom is 0.139 e. The molecule has 2 saturated carbocycles. The first-order valence-corrected chi connectivity index (χ1v) is 5.05. The van der Waals surface area contributed by atoms with Gasteiger partial charge in [0.15, 0.2) is 0 Å². The van der Waals surface area contributed by atoms with Gasteiger partial charge in [-0.25, -0.2) is 0 Å². The third-order valence-electron chi connectivity index (χ3n) is 3.48. The van der Waals surface area contributed by atoms with Crippen LogP contribution in [0, 0.1) is 17.8 Å². The van der Waals surface area contributed by atoms with Gasteiger partial charge in [0.1, 0.15) is 5.78 Å². The maximum atomic E-state index is 11.6. The highest BCUT2D eigenvalue weighted by Gasteiger charge is 2.37. The lowest BCUT2D eigenvalue weighted by Gasteiger charge is -2.37. The second-order valence-electron chi connectivity index (χ2n) is 4.30. The Hall–Kier alpha value is -0.370. The van der Waals surface area contributed by atoms with Gasteiger partial charge in [0.2, 0.25) is 0 Å². The molecule has 12 heavy (non-hydrogen) atoms. The molecular weight excluding hydrogens is 150 g/mol. The topological polar surface area (TPSA) is 43.1 Å². The van der Waals surface area contributed by atoms with Crippen molar-refractivity contribution in [1.29, 1.82) is 0 Å². The number of nitrogens with two attached hydrogens (primary N) is 1. The molecule has 68 valence electrons. The Morgan fingerprint density at radius 2 is 1.83 bits per heavy atom. The van der Waals surface area contributed by atoms with E-state index in [9.17, 15) is 4.79 Å². The molecule has 2 aliphatic rings. The average molecular weight is 167 g/mol. The third-order valence-corrected chi connectivity index (χ3v) is 3.48. The van der Waals surface area contributed by atoms with Crippen LogP contribution in [-0.2, 0) is 4.79 Å². The number of carbonyl (C=O) groups is 1. The summed E-state index contributed by atoms with van der Waals surface area (Å²) in [7, 11) is 0. The summed E-state index contributed by atoms with van der Waals surface area (Å²) >= 11 is 0. The summed E-state index contributed by atoms with van der Waals surface area (Å²) in [6, 6.07) is 0. The summed E-state index contributed by atoms with van der Waals surface area (Å²) in [6.07, 6.45) is 5.67. The Morgan fingerprint density at radius 3 is 2.33 bits per heavy atom. The zero-order valence-corrected chi connectivity index (χ0v) is 7.46. The lowest BCUT2D eigenvalue weighted by molar-refractivity contribution is -0.133. The van der Waals surface area contributed by atoms with Gasteiger partial charge in [-0.05, 0) is 38.1 Å². The van der Waals surface area contributed by atoms with E-state index in [4.69, 9.17) is 5.73 Å². The molecule has 0 radical (unpaired) electrons. The van der Waals surface area contributed by atoms with Gasteiger partial charge < -0.3 is 5.73 Å². The van der Waals surface area contributed by atoms with Crippen LogP contribution in [0.2, 0.25) is 0 Å². The van der Waals surface area contributed by atoms with E-state index in [1.165, 1.54) is 6.42 Å². The third kappa shape index (κ3) is 1.28. The van der Waals surface area contributed by atoms with Crippen LogP contribution in [0.15, 0.2) is 0 Å². The Bertz CT molecular complexity index is 174. The monoisotopic (exact) mass is 167 g/mol. The van der Waals surface area contributed by atoms with Crippen molar-refractivity contribution in [2.24, 2.45) is 23.5 Å². The molecular formula is C10H17NO. The van der Waals surface area contributed by atoms with Gasteiger partial charge in [-0.2, -0.15) is 0 Å². The van der Waals surface area contributed by atoms with E-state index in [1.54, 1.807) is 0 Å². The molecule has 2 bridgehead atoms. The van der Waals surface area contributed by atoms with Crippen molar-refractivity contribution in [1.82, 2.24) is 0 Å². The van der Waals surface area contributed by atoms with Crippen molar-refractivity contribution in [3.05, 3.63) is 0 Å². The summed E-state index contributed by atoms with van der Waals surface area (Å²) in [5.74, 6) is 1.95. The van der Waals surface area contributed by atoms with Crippen molar-refractivity contribution < 1.29 is 4.79 Å². The minimum Gasteiger partial charge on any atom is -0.330 e. The van der Waals surface area contributed by atoms with Gasteiger partial charge in [0.25, 0.3) is 0 Å². The minimum atomic E-state index is 0.381. The summed E-state index contributed by atoms with van der Waals surface area (Å²) in [4.78, 5) is 11.6. The Kier molecular flexibility index (Phi) is 2.18. The maximum absolute atomic E-state index is 11.6. The summed E-state index contributed by atoms with van der Waals surface area (Å²) in [5, 5.41) is 0. The molecule has 0 saturated heterocycles. The molecule has 0 aromatic heterocycles. The molecule has 0 amide bonds. The number of fused-ring (bicyclic) bond motifs is 2. The van der Waals surface area contributed by atoms with E-state index in [0.29, 0.717) is 23.5 Å². The fourth-order valence-corrected chi connectivity index (χ4v) is 2.79. The molecule has 2 N–H and O–H groups in total. The van der Waals surface area contributed by atoms with Crippen LogP contribution in [0.5, 0.6) is 0 Å². The molecule has 0 aliphatic heterocycles. The highest BCUT2D eigenvalue weighted by atomic mass is 16.1. The molecule has 0 aromatic rings. The number of hydrogen-bond donors (Lipinski definition) is 1. The van der Waals surface area contributed by atoms with Gasteiger partial charge in [0.05, 0.1) is 0 Å². The summed E-state index contributed by atoms with van der Waals surface area (Å²) in [5.41, 5.74) is 5.64. The van der Waals surface area contributed by atoms with Crippen molar-refractivity contribution in [3.8, 4) is 0 Å². The van der Waals surface area contributed by atoms with Crippen molar-refractivity contribution in [2.75, 3.05) is 6.54 Å². The number of ketones is 1. The van der Waals surface area contributed by atoms with Crippen LogP contribution >= 0.6 is 0 Å². The lowest BCUT2D eigenvalue weighted by Crippen LogP contribution is -2.38. The Morgan fingerprint density at radius 1 is 1.25 bits per heavy atom. The molecule has 2 nitrogen and oxygen atoms in total. The van der Waals surface area contributed by atoms with Gasteiger partial charge in [-0.1, -0.05) is 6.42 Å². The standard InChI is InChI=1S/C10H17NO/c11-6-7-4-8-2-1-3-9(5-7)10(8)12/h7-9H,1-6,11H2/t8-,9-/m1/s1. The van der Waals surface area contributed by atoms with Crippen molar-refractivity contribution in [2.45, 2.75) is 32.1 Å². The van der Waals surface area contributed by atoms with Crippen LogP contribution in [0.25, 0.3) is 0 Å². The van der Waals surface area contributed by atoms with Crippen LogP contribution < -0.4 is 5.73 Å². The smallest absolute Gasteiger partial charge is 0.139 e. The van der Waals surface area contributed by atoms with E-state index >= 15 is 0 Å². The molecule has 2 atom stereocenters. The summed E-state index contributed by atoms with van der Waals surface area (Å²) in [6.45, 7) is 0.778. The van der Waals surface area contributed by atoms with E-state index in [0.717, 1.165) is 32.2 Å². The predicted octanol–water partition coefficient (Wildman–Crippen LogP) is 1.34. The van der Waals surface area contributed by atoms with Crippen molar-refractivity contribution in [3.63, 3.8) is 0 Å². The van der Waals surface area contributed by atoms with E-state index in [-0.39, 0.29) is 0 Å². The number of hydrogen-bond acceptors (Lipinski definition) is 2. The molecule has 0 heterocycles. The van der Waals surface area contributed by atoms with Crippen LogP contribution in [-0.4, -0.2) is 12.3 Å². The quantitative estimate of drug-likeness (QED) is 0.640.